The lowest BCUT2D eigenvalue weighted by Crippen LogP contribution is -2.31. The molecule has 0 radical (unpaired) electrons. The van der Waals surface area contributed by atoms with E-state index in [9.17, 15) is 10.0 Å². The summed E-state index contributed by atoms with van der Waals surface area (Å²) in [5.74, 6) is 0. The highest BCUT2D eigenvalue weighted by molar-refractivity contribution is 9.11. The Morgan fingerprint density at radius 3 is 0.662 bits per heavy atom. The minimum atomic E-state index is -1.50. The minimum absolute atomic E-state index is 0.566. The molecule has 366 valence electrons. The Labute approximate surface area is 465 Å². The Morgan fingerprint density at radius 2 is 0.416 bits per heavy atom. The number of hydrogen-bond acceptors (Lipinski definition) is 2. The van der Waals surface area contributed by atoms with Gasteiger partial charge in [-0.15, -0.1) is 0 Å². The number of hydrogen-bond donors (Lipinski definition) is 2. The summed E-state index contributed by atoms with van der Waals surface area (Å²) in [6.07, 6.45) is 0. The summed E-state index contributed by atoms with van der Waals surface area (Å²) in [5, 5.41) is 33.9. The minimum Gasteiger partial charge on any atom is -0.423 e. The van der Waals surface area contributed by atoms with Crippen LogP contribution in [0.15, 0.2) is 294 Å². The number of fused-ring (bicyclic) bond motifs is 6. The monoisotopic (exact) mass is 1110 g/mol. The highest BCUT2D eigenvalue weighted by Crippen LogP contribution is 2.47. The second kappa shape index (κ2) is 22.0. The van der Waals surface area contributed by atoms with Gasteiger partial charge in [-0.05, 0) is 150 Å². The molecule has 0 atom stereocenters. The van der Waals surface area contributed by atoms with Crippen molar-refractivity contribution in [2.75, 3.05) is 0 Å². The number of halogens is 2. The third-order valence-corrected chi connectivity index (χ3v) is 15.5. The third-order valence-electron chi connectivity index (χ3n) is 14.5. The van der Waals surface area contributed by atoms with Crippen molar-refractivity contribution in [3.05, 3.63) is 294 Å². The van der Waals surface area contributed by atoms with Crippen LogP contribution in [-0.4, -0.2) is 17.2 Å². The van der Waals surface area contributed by atoms with E-state index in [4.69, 9.17) is 0 Å². The highest BCUT2D eigenvalue weighted by atomic mass is 79.9. The molecule has 5 heteroatoms. The molecule has 0 aliphatic rings. The van der Waals surface area contributed by atoms with Gasteiger partial charge in [0.15, 0.2) is 0 Å². The van der Waals surface area contributed by atoms with Gasteiger partial charge in [-0.25, -0.2) is 0 Å². The summed E-state index contributed by atoms with van der Waals surface area (Å²) < 4.78 is 2.21. The predicted octanol–water partition coefficient (Wildman–Crippen LogP) is 19.5. The van der Waals surface area contributed by atoms with Gasteiger partial charge in [-0.1, -0.05) is 293 Å². The summed E-state index contributed by atoms with van der Waals surface area (Å²) in [5.41, 5.74) is 12.9. The molecule has 0 saturated carbocycles. The highest BCUT2D eigenvalue weighted by Gasteiger charge is 2.23. The van der Waals surface area contributed by atoms with E-state index in [1.807, 2.05) is 91.0 Å². The molecule has 14 aromatic carbocycles. The van der Waals surface area contributed by atoms with Crippen molar-refractivity contribution in [1.82, 2.24) is 0 Å². The molecule has 14 rings (SSSR count). The van der Waals surface area contributed by atoms with Gasteiger partial charge in [0.25, 0.3) is 0 Å². The van der Waals surface area contributed by atoms with Crippen LogP contribution in [0.1, 0.15) is 0 Å². The first-order valence-corrected chi connectivity index (χ1v) is 27.4. The first kappa shape index (κ1) is 49.5. The lowest BCUT2D eigenvalue weighted by molar-refractivity contribution is 0.426. The molecule has 2 nitrogen and oxygen atoms in total. The molecular formula is C72H49BBr2O2. The zero-order valence-electron chi connectivity index (χ0n) is 41.9. The molecule has 0 aliphatic carbocycles. The van der Waals surface area contributed by atoms with Crippen LogP contribution in [0.25, 0.3) is 120 Å². The fraction of sp³-hybridized carbons (Fsp3) is 0. The largest absolute Gasteiger partial charge is 0.489 e. The maximum atomic E-state index is 9.94. The average molecular weight is 1120 g/mol. The van der Waals surface area contributed by atoms with Crippen molar-refractivity contribution in [2.24, 2.45) is 0 Å². The molecule has 77 heavy (non-hydrogen) atoms. The van der Waals surface area contributed by atoms with Crippen molar-refractivity contribution in [3.8, 4) is 55.6 Å². The summed E-state index contributed by atoms with van der Waals surface area (Å²) >= 11 is 6.66. The van der Waals surface area contributed by atoms with E-state index in [0.29, 0.717) is 5.46 Å². The van der Waals surface area contributed by atoms with Gasteiger partial charge in [0.2, 0.25) is 0 Å². The summed E-state index contributed by atoms with van der Waals surface area (Å²) in [7, 11) is -1.50. The van der Waals surface area contributed by atoms with E-state index in [2.05, 4.69) is 226 Å². The van der Waals surface area contributed by atoms with E-state index in [-0.39, 0.29) is 0 Å². The first-order valence-electron chi connectivity index (χ1n) is 25.8. The molecule has 0 heterocycles. The van der Waals surface area contributed by atoms with Crippen LogP contribution in [0, 0.1) is 0 Å². The fourth-order valence-corrected chi connectivity index (χ4v) is 12.5. The van der Waals surface area contributed by atoms with E-state index >= 15 is 0 Å². The summed E-state index contributed by atoms with van der Waals surface area (Å²) in [4.78, 5) is 0. The van der Waals surface area contributed by atoms with Crippen molar-refractivity contribution in [3.63, 3.8) is 0 Å². The summed E-state index contributed by atoms with van der Waals surface area (Å²) in [6.45, 7) is 0. The molecule has 0 bridgehead atoms. The smallest absolute Gasteiger partial charge is 0.423 e. The molecule has 0 spiro atoms. The fourth-order valence-electron chi connectivity index (χ4n) is 11.4. The van der Waals surface area contributed by atoms with Gasteiger partial charge < -0.3 is 10.0 Å². The first-order chi connectivity index (χ1) is 37.9. The maximum absolute atomic E-state index is 9.94. The van der Waals surface area contributed by atoms with Crippen LogP contribution in [-0.2, 0) is 0 Å². The zero-order valence-corrected chi connectivity index (χ0v) is 45.0. The molecule has 2 N–H and O–H groups in total. The van der Waals surface area contributed by atoms with E-state index < -0.39 is 7.12 Å². The van der Waals surface area contributed by atoms with Gasteiger partial charge in [-0.2, -0.15) is 0 Å². The Morgan fingerprint density at radius 1 is 0.208 bits per heavy atom. The molecule has 0 unspecified atom stereocenters. The zero-order chi connectivity index (χ0) is 52.2. The lowest BCUT2D eigenvalue weighted by atomic mass is 9.72. The summed E-state index contributed by atoms with van der Waals surface area (Å²) in [6, 6.07) is 100. The Bertz CT molecular complexity index is 4080. The molecule has 0 aromatic heterocycles. The van der Waals surface area contributed by atoms with Crippen LogP contribution in [0.4, 0.5) is 0 Å². The standard InChI is InChI=1S/C46H30.C20H15BO2.C6H4Br2/c1-3-16-31(17-4-1)43-35-22-7-11-26-39(35)45(40-27-12-8-23-36(40)43)33-20-15-21-34(30-33)46-41-28-13-9-24-37(41)44(32-18-5-2-6-19-32)38-25-10-14-29-42(38)46;22-21(23)20-17-12-6-4-10-15(17)19(14-8-2-1-3-9-14)16-11-5-7-13-18(16)20;7-5-2-1-3-6(8)4-5/h1-30H;1-13,22-23H;1-4H. The Balaban J connectivity index is 0.000000158. The van der Waals surface area contributed by atoms with Crippen LogP contribution in [0.5, 0.6) is 0 Å². The van der Waals surface area contributed by atoms with Gasteiger partial charge in [0.05, 0.1) is 0 Å². The predicted molar refractivity (Wildman–Crippen MR) is 337 cm³/mol. The van der Waals surface area contributed by atoms with Gasteiger partial charge >= 0.3 is 7.12 Å². The van der Waals surface area contributed by atoms with Gasteiger partial charge in [-0.3, -0.25) is 0 Å². The average Bonchev–Trinajstić information content (AvgIpc) is 3.56. The van der Waals surface area contributed by atoms with Gasteiger partial charge in [0.1, 0.15) is 0 Å². The molecular weight excluding hydrogens is 1070 g/mol. The molecule has 0 saturated heterocycles. The van der Waals surface area contributed by atoms with Crippen LogP contribution < -0.4 is 5.46 Å². The topological polar surface area (TPSA) is 40.5 Å². The van der Waals surface area contributed by atoms with E-state index in [1.165, 1.54) is 87.6 Å². The lowest BCUT2D eigenvalue weighted by Gasteiger charge is -2.20. The van der Waals surface area contributed by atoms with Crippen molar-refractivity contribution < 1.29 is 10.0 Å². The third kappa shape index (κ3) is 9.65. The number of rotatable bonds is 6. The maximum Gasteiger partial charge on any atom is 0.489 e. The Kier molecular flexibility index (Phi) is 14.2. The Hall–Kier alpha value is -8.42. The molecule has 14 aromatic rings. The SMILES string of the molecule is Brc1cccc(Br)c1.OB(O)c1c2ccccc2c(-c2ccccc2)c2ccccc12.c1ccc(-c2c3ccccc3c(-c3cccc(-c4c5ccccc5c(-c5ccccc5)c5ccccc45)c3)c3ccccc23)cc1. The molecule has 0 aliphatic heterocycles. The van der Waals surface area contributed by atoms with Gasteiger partial charge in [0, 0.05) is 8.95 Å². The van der Waals surface area contributed by atoms with Crippen molar-refractivity contribution >= 4 is 109 Å². The number of benzene rings is 14. The molecule has 0 fully saturated rings. The van der Waals surface area contributed by atoms with Crippen molar-refractivity contribution in [2.45, 2.75) is 0 Å². The van der Waals surface area contributed by atoms with Crippen LogP contribution in [0.3, 0.4) is 0 Å². The second-order valence-electron chi connectivity index (χ2n) is 19.1. The van der Waals surface area contributed by atoms with Crippen LogP contribution >= 0.6 is 31.9 Å². The normalized spacial score (nSPS) is 11.1. The van der Waals surface area contributed by atoms with E-state index in [1.54, 1.807) is 0 Å². The van der Waals surface area contributed by atoms with Crippen molar-refractivity contribution in [1.29, 1.82) is 0 Å². The quantitative estimate of drug-likeness (QED) is 0.129. The second-order valence-corrected chi connectivity index (χ2v) is 20.9. The molecule has 0 amide bonds. The van der Waals surface area contributed by atoms with E-state index in [0.717, 1.165) is 41.6 Å². The van der Waals surface area contributed by atoms with Crippen LogP contribution in [0.2, 0.25) is 0 Å².